The van der Waals surface area contributed by atoms with Crippen molar-refractivity contribution in [3.8, 4) is 0 Å². The largest absolute Gasteiger partial charge is 0.464 e. The molecule has 0 unspecified atom stereocenters. The van der Waals surface area contributed by atoms with Crippen molar-refractivity contribution in [2.45, 2.75) is 0 Å². The van der Waals surface area contributed by atoms with Crippen molar-refractivity contribution in [3.05, 3.63) is 11.1 Å². The van der Waals surface area contributed by atoms with E-state index >= 15 is 0 Å². The Morgan fingerprint density at radius 3 is 2.82 bits per heavy atom. The number of nitrogens with zero attached hydrogens (tertiary/aromatic N) is 1. The van der Waals surface area contributed by atoms with Gasteiger partial charge < -0.3 is 10.5 Å². The van der Waals surface area contributed by atoms with Crippen molar-refractivity contribution >= 4 is 35.6 Å². The molecule has 1 aromatic heterocycles. The maximum atomic E-state index is 10.7. The van der Waals surface area contributed by atoms with E-state index in [9.17, 15) is 4.79 Å². The molecular formula is C5H7ClN2O2S. The van der Waals surface area contributed by atoms with E-state index in [2.05, 4.69) is 9.11 Å². The number of nitrogen functional groups attached to an aromatic ring is 1. The van der Waals surface area contributed by atoms with E-state index in [4.69, 9.17) is 5.73 Å². The summed E-state index contributed by atoms with van der Waals surface area (Å²) in [4.78, 5) is 10.7. The zero-order valence-electron chi connectivity index (χ0n) is 5.73. The molecule has 0 bridgehead atoms. The van der Waals surface area contributed by atoms with Gasteiger partial charge in [-0.15, -0.1) is 12.4 Å². The molecule has 0 fully saturated rings. The van der Waals surface area contributed by atoms with Crippen LogP contribution in [0.1, 0.15) is 10.5 Å². The fraction of sp³-hybridized carbons (Fsp3) is 0.200. The molecule has 0 radical (unpaired) electrons. The maximum absolute atomic E-state index is 10.7. The van der Waals surface area contributed by atoms with Crippen molar-refractivity contribution < 1.29 is 9.53 Å². The Labute approximate surface area is 73.9 Å². The quantitative estimate of drug-likeness (QED) is 0.676. The number of methoxy groups -OCH3 is 1. The summed E-state index contributed by atoms with van der Waals surface area (Å²) in [5, 5.41) is 1.59. The predicted octanol–water partition coefficient (Wildman–Crippen LogP) is 0.934. The fourth-order valence-electron chi connectivity index (χ4n) is 0.496. The number of carbonyl (C=O) groups is 1. The van der Waals surface area contributed by atoms with Crippen LogP contribution < -0.4 is 5.73 Å². The van der Waals surface area contributed by atoms with Crippen LogP contribution in [-0.2, 0) is 4.74 Å². The molecule has 0 amide bonds. The molecule has 4 nitrogen and oxygen atoms in total. The Morgan fingerprint density at radius 1 is 1.82 bits per heavy atom. The number of halogens is 1. The second kappa shape index (κ2) is 4.15. The van der Waals surface area contributed by atoms with E-state index in [1.165, 1.54) is 7.11 Å². The lowest BCUT2D eigenvalue weighted by Crippen LogP contribution is -2.04. The number of carbonyl (C=O) groups excluding carboxylic acids is 1. The minimum Gasteiger partial charge on any atom is -0.464 e. The minimum absolute atomic E-state index is 0. The van der Waals surface area contributed by atoms with Crippen LogP contribution in [0.4, 0.5) is 5.69 Å². The monoisotopic (exact) mass is 194 g/mol. The lowest BCUT2D eigenvalue weighted by molar-refractivity contribution is 0.0597. The Hall–Kier alpha value is -0.810. The van der Waals surface area contributed by atoms with Gasteiger partial charge in [0.05, 0.1) is 12.8 Å². The summed E-state index contributed by atoms with van der Waals surface area (Å²) < 4.78 is 8.13. The molecule has 62 valence electrons. The van der Waals surface area contributed by atoms with E-state index < -0.39 is 5.97 Å². The zero-order valence-corrected chi connectivity index (χ0v) is 7.37. The summed E-state index contributed by atoms with van der Waals surface area (Å²) in [6.07, 6.45) is 0. The van der Waals surface area contributed by atoms with Gasteiger partial charge in [0, 0.05) is 5.38 Å². The SMILES string of the molecule is COC(=O)c1nscc1N.Cl. The lowest BCUT2D eigenvalue weighted by atomic mass is 10.4. The number of hydrogen-bond donors (Lipinski definition) is 1. The van der Waals surface area contributed by atoms with Gasteiger partial charge in [0.2, 0.25) is 0 Å². The molecule has 0 saturated heterocycles. The zero-order chi connectivity index (χ0) is 7.56. The van der Waals surface area contributed by atoms with E-state index in [-0.39, 0.29) is 18.1 Å². The number of esters is 1. The van der Waals surface area contributed by atoms with Gasteiger partial charge in [0.15, 0.2) is 5.69 Å². The average molecular weight is 195 g/mol. The van der Waals surface area contributed by atoms with Gasteiger partial charge in [-0.1, -0.05) is 0 Å². The first-order valence-corrected chi connectivity index (χ1v) is 3.37. The molecule has 0 spiro atoms. The highest BCUT2D eigenvalue weighted by Gasteiger charge is 2.11. The molecule has 2 N–H and O–H groups in total. The van der Waals surface area contributed by atoms with Gasteiger partial charge >= 0.3 is 5.97 Å². The first-order valence-electron chi connectivity index (χ1n) is 2.54. The number of anilines is 1. The summed E-state index contributed by atoms with van der Waals surface area (Å²) in [5.74, 6) is -0.487. The highest BCUT2D eigenvalue weighted by Crippen LogP contribution is 2.12. The van der Waals surface area contributed by atoms with Crippen molar-refractivity contribution in [2.75, 3.05) is 12.8 Å². The van der Waals surface area contributed by atoms with Crippen molar-refractivity contribution in [3.63, 3.8) is 0 Å². The van der Waals surface area contributed by atoms with Crippen LogP contribution in [0, 0.1) is 0 Å². The van der Waals surface area contributed by atoms with Crippen LogP contribution in [0.25, 0.3) is 0 Å². The van der Waals surface area contributed by atoms with Gasteiger partial charge in [-0.05, 0) is 11.5 Å². The van der Waals surface area contributed by atoms with Crippen LogP contribution in [0.5, 0.6) is 0 Å². The van der Waals surface area contributed by atoms with Crippen LogP contribution in [0.3, 0.4) is 0 Å². The fourth-order valence-corrected chi connectivity index (χ4v) is 1.06. The summed E-state index contributed by atoms with van der Waals surface area (Å²) in [6.45, 7) is 0. The van der Waals surface area contributed by atoms with Gasteiger partial charge in [0.1, 0.15) is 0 Å². The number of nitrogens with two attached hydrogens (primary N) is 1. The van der Waals surface area contributed by atoms with Gasteiger partial charge in [-0.3, -0.25) is 0 Å². The topological polar surface area (TPSA) is 65.2 Å². The van der Waals surface area contributed by atoms with Gasteiger partial charge in [0.25, 0.3) is 0 Å². The molecular weight excluding hydrogens is 188 g/mol. The van der Waals surface area contributed by atoms with Crippen molar-refractivity contribution in [1.29, 1.82) is 0 Å². The molecule has 0 aliphatic rings. The third-order valence-corrected chi connectivity index (χ3v) is 1.62. The minimum atomic E-state index is -0.487. The highest BCUT2D eigenvalue weighted by atomic mass is 35.5. The average Bonchev–Trinajstić information content (AvgIpc) is 2.34. The summed E-state index contributed by atoms with van der Waals surface area (Å²) in [5.41, 5.74) is 5.94. The first kappa shape index (κ1) is 10.2. The summed E-state index contributed by atoms with van der Waals surface area (Å²) in [6, 6.07) is 0. The van der Waals surface area contributed by atoms with Crippen LogP contribution in [0.2, 0.25) is 0 Å². The lowest BCUT2D eigenvalue weighted by Gasteiger charge is -1.92. The third-order valence-electron chi connectivity index (χ3n) is 0.976. The van der Waals surface area contributed by atoms with E-state index in [0.717, 1.165) is 11.5 Å². The van der Waals surface area contributed by atoms with E-state index in [1.807, 2.05) is 0 Å². The molecule has 0 aromatic carbocycles. The highest BCUT2D eigenvalue weighted by molar-refractivity contribution is 7.04. The molecule has 11 heavy (non-hydrogen) atoms. The van der Waals surface area contributed by atoms with Crippen LogP contribution in [-0.4, -0.2) is 17.5 Å². The number of ether oxygens (including phenoxy) is 1. The standard InChI is InChI=1S/C5H6N2O2S.ClH/c1-9-5(8)4-3(6)2-10-7-4;/h2H,6H2,1H3;1H. The van der Waals surface area contributed by atoms with Gasteiger partial charge in [-0.25, -0.2) is 4.79 Å². The normalized spacial score (nSPS) is 8.45. The Bertz CT molecular complexity index is 250. The molecule has 1 heterocycles. The predicted molar refractivity (Wildman–Crippen MR) is 45.1 cm³/mol. The second-order valence-electron chi connectivity index (χ2n) is 1.61. The van der Waals surface area contributed by atoms with Crippen LogP contribution in [0.15, 0.2) is 5.38 Å². The Kier molecular flexibility index (Phi) is 3.84. The molecule has 0 aliphatic heterocycles. The van der Waals surface area contributed by atoms with Crippen LogP contribution >= 0.6 is 23.9 Å². The molecule has 0 saturated carbocycles. The molecule has 1 aromatic rings. The van der Waals surface area contributed by atoms with Crippen molar-refractivity contribution in [1.82, 2.24) is 4.37 Å². The second-order valence-corrected chi connectivity index (χ2v) is 2.24. The van der Waals surface area contributed by atoms with E-state index in [0.29, 0.717) is 5.69 Å². The third kappa shape index (κ3) is 2.06. The molecule has 0 atom stereocenters. The summed E-state index contributed by atoms with van der Waals surface area (Å²) >= 11 is 1.13. The smallest absolute Gasteiger partial charge is 0.359 e. The molecule has 0 aliphatic carbocycles. The van der Waals surface area contributed by atoms with E-state index in [1.54, 1.807) is 5.38 Å². The number of rotatable bonds is 1. The van der Waals surface area contributed by atoms with Crippen molar-refractivity contribution in [2.24, 2.45) is 0 Å². The molecule has 1 rings (SSSR count). The maximum Gasteiger partial charge on any atom is 0.359 e. The number of hydrogen-bond acceptors (Lipinski definition) is 5. The van der Waals surface area contributed by atoms with Gasteiger partial charge in [-0.2, -0.15) is 4.37 Å². The Balaban J connectivity index is 0.000001000. The number of aromatic nitrogens is 1. The first-order chi connectivity index (χ1) is 4.75. The summed E-state index contributed by atoms with van der Waals surface area (Å²) in [7, 11) is 1.29. The molecule has 6 heteroatoms. The Morgan fingerprint density at radius 2 is 2.45 bits per heavy atom.